The first-order valence-corrected chi connectivity index (χ1v) is 9.52. The first kappa shape index (κ1) is 19.6. The molecule has 0 aliphatic rings. The molecule has 5 rings (SSSR count). The zero-order chi connectivity index (χ0) is 22.1. The van der Waals surface area contributed by atoms with Crippen molar-refractivity contribution in [3.63, 3.8) is 0 Å². The summed E-state index contributed by atoms with van der Waals surface area (Å²) < 4.78 is 40.6. The molecule has 158 valence electrons. The molecule has 0 fully saturated rings. The molecule has 0 aliphatic heterocycles. The molecule has 0 aliphatic carbocycles. The highest BCUT2D eigenvalue weighted by Crippen LogP contribution is 2.37. The Balaban J connectivity index is 1.67. The Morgan fingerprint density at radius 1 is 0.812 bits per heavy atom. The van der Waals surface area contributed by atoms with E-state index in [-0.39, 0.29) is 17.2 Å². The average Bonchev–Trinajstić information content (AvgIpc) is 3.22. The van der Waals surface area contributed by atoms with Gasteiger partial charge in [0.15, 0.2) is 17.5 Å². The van der Waals surface area contributed by atoms with E-state index in [0.29, 0.717) is 17.1 Å². The number of nitrogens with zero attached hydrogens (tertiary/aromatic N) is 5. The standard InChI is InChI=1S/C22H14F3N7/c23-22(24,25)16-7-3-1-5-14(16)19-27-21(18(30-32-19)13-9-11-26-12-10-13)28-20-15-6-2-4-8-17(15)29-31-20/h1-12H,(H2,27,28,29,31,32). The van der Waals surface area contributed by atoms with E-state index in [0.717, 1.165) is 17.0 Å². The van der Waals surface area contributed by atoms with Crippen LogP contribution in [-0.4, -0.2) is 30.4 Å². The third-order valence-electron chi connectivity index (χ3n) is 4.82. The van der Waals surface area contributed by atoms with E-state index in [9.17, 15) is 13.2 Å². The molecule has 0 atom stereocenters. The monoisotopic (exact) mass is 433 g/mol. The van der Waals surface area contributed by atoms with Crippen molar-refractivity contribution >= 4 is 22.5 Å². The lowest BCUT2D eigenvalue weighted by Gasteiger charge is -2.13. The Morgan fingerprint density at radius 3 is 2.38 bits per heavy atom. The van der Waals surface area contributed by atoms with E-state index in [1.54, 1.807) is 24.5 Å². The Hall–Kier alpha value is -4.34. The van der Waals surface area contributed by atoms with E-state index in [2.05, 4.69) is 35.7 Å². The van der Waals surface area contributed by atoms with Crippen LogP contribution < -0.4 is 5.32 Å². The second-order valence-corrected chi connectivity index (χ2v) is 6.85. The predicted molar refractivity (Wildman–Crippen MR) is 113 cm³/mol. The largest absolute Gasteiger partial charge is 0.417 e. The van der Waals surface area contributed by atoms with Gasteiger partial charge in [0, 0.05) is 28.9 Å². The molecule has 0 radical (unpaired) electrons. The summed E-state index contributed by atoms with van der Waals surface area (Å²) in [6.45, 7) is 0. The lowest BCUT2D eigenvalue weighted by Crippen LogP contribution is -2.10. The van der Waals surface area contributed by atoms with Crippen LogP contribution in [0.5, 0.6) is 0 Å². The number of alkyl halides is 3. The smallest absolute Gasteiger partial charge is 0.321 e. The van der Waals surface area contributed by atoms with Gasteiger partial charge in [-0.25, -0.2) is 4.98 Å². The van der Waals surface area contributed by atoms with E-state index in [4.69, 9.17) is 0 Å². The van der Waals surface area contributed by atoms with Crippen molar-refractivity contribution < 1.29 is 13.2 Å². The van der Waals surface area contributed by atoms with Gasteiger partial charge >= 0.3 is 6.18 Å². The molecule has 2 aromatic carbocycles. The molecule has 10 heteroatoms. The number of nitrogens with one attached hydrogen (secondary N) is 2. The molecule has 0 saturated carbocycles. The SMILES string of the molecule is FC(F)(F)c1ccccc1-c1nnc(-c2ccncc2)c(Nc2n[nH]c3ccccc23)n1. The summed E-state index contributed by atoms with van der Waals surface area (Å²) in [4.78, 5) is 8.41. The number of rotatable bonds is 4. The maximum atomic E-state index is 13.5. The summed E-state index contributed by atoms with van der Waals surface area (Å²) in [6, 6.07) is 16.0. The fourth-order valence-corrected chi connectivity index (χ4v) is 3.33. The second kappa shape index (κ2) is 7.73. The number of anilines is 2. The van der Waals surface area contributed by atoms with E-state index in [1.165, 1.54) is 18.2 Å². The van der Waals surface area contributed by atoms with Gasteiger partial charge < -0.3 is 5.32 Å². The normalized spacial score (nSPS) is 11.6. The van der Waals surface area contributed by atoms with Gasteiger partial charge in [-0.1, -0.05) is 30.3 Å². The van der Waals surface area contributed by atoms with Gasteiger partial charge in [-0.05, 0) is 30.3 Å². The van der Waals surface area contributed by atoms with Crippen LogP contribution >= 0.6 is 0 Å². The number of H-pyrrole nitrogens is 1. The summed E-state index contributed by atoms with van der Waals surface area (Å²) in [6.07, 6.45) is -1.40. The zero-order valence-electron chi connectivity index (χ0n) is 16.3. The first-order chi connectivity index (χ1) is 15.5. The summed E-state index contributed by atoms with van der Waals surface area (Å²) in [5.74, 6) is 0.528. The number of hydrogen-bond acceptors (Lipinski definition) is 6. The maximum Gasteiger partial charge on any atom is 0.417 e. The maximum absolute atomic E-state index is 13.5. The minimum Gasteiger partial charge on any atom is -0.321 e. The van der Waals surface area contributed by atoms with Crippen LogP contribution in [0.4, 0.5) is 24.8 Å². The fourth-order valence-electron chi connectivity index (χ4n) is 3.33. The Bertz CT molecular complexity index is 1400. The van der Waals surface area contributed by atoms with Crippen molar-refractivity contribution in [1.82, 2.24) is 30.4 Å². The van der Waals surface area contributed by atoms with Crippen molar-refractivity contribution in [2.75, 3.05) is 5.32 Å². The minimum absolute atomic E-state index is 0.155. The van der Waals surface area contributed by atoms with Crippen LogP contribution in [0.3, 0.4) is 0 Å². The van der Waals surface area contributed by atoms with E-state index >= 15 is 0 Å². The molecular formula is C22H14F3N7. The summed E-state index contributed by atoms with van der Waals surface area (Å²) in [5.41, 5.74) is 0.800. The highest BCUT2D eigenvalue weighted by molar-refractivity contribution is 5.92. The number of hydrogen-bond donors (Lipinski definition) is 2. The zero-order valence-corrected chi connectivity index (χ0v) is 16.3. The molecule has 0 spiro atoms. The molecule has 2 N–H and O–H groups in total. The molecular weight excluding hydrogens is 419 g/mol. The first-order valence-electron chi connectivity index (χ1n) is 9.52. The number of benzene rings is 2. The van der Waals surface area contributed by atoms with E-state index in [1.807, 2.05) is 24.3 Å². The number of halogens is 3. The Morgan fingerprint density at radius 2 is 1.56 bits per heavy atom. The number of fused-ring (bicyclic) bond motifs is 1. The van der Waals surface area contributed by atoms with Crippen molar-refractivity contribution in [2.24, 2.45) is 0 Å². The molecule has 3 heterocycles. The van der Waals surface area contributed by atoms with Crippen LogP contribution in [-0.2, 0) is 6.18 Å². The van der Waals surface area contributed by atoms with Crippen LogP contribution in [0.2, 0.25) is 0 Å². The van der Waals surface area contributed by atoms with Gasteiger partial charge in [0.25, 0.3) is 0 Å². The van der Waals surface area contributed by atoms with Gasteiger partial charge in [0.2, 0.25) is 0 Å². The van der Waals surface area contributed by atoms with Gasteiger partial charge in [0.05, 0.1) is 11.1 Å². The lowest BCUT2D eigenvalue weighted by atomic mass is 10.1. The highest BCUT2D eigenvalue weighted by atomic mass is 19.4. The summed E-state index contributed by atoms with van der Waals surface area (Å²) in [5, 5.41) is 19.3. The Labute approximate surface area is 179 Å². The molecule has 5 aromatic rings. The van der Waals surface area contributed by atoms with Crippen LogP contribution in [0.1, 0.15) is 5.56 Å². The van der Waals surface area contributed by atoms with Crippen molar-refractivity contribution in [1.29, 1.82) is 0 Å². The minimum atomic E-state index is -4.56. The van der Waals surface area contributed by atoms with Crippen LogP contribution in [0.15, 0.2) is 73.1 Å². The number of pyridine rings is 1. The van der Waals surface area contributed by atoms with Gasteiger partial charge in [-0.3, -0.25) is 10.1 Å². The predicted octanol–water partition coefficient (Wildman–Crippen LogP) is 5.24. The molecule has 7 nitrogen and oxygen atoms in total. The topological polar surface area (TPSA) is 92.3 Å². The highest BCUT2D eigenvalue weighted by Gasteiger charge is 2.34. The number of aromatic amines is 1. The lowest BCUT2D eigenvalue weighted by molar-refractivity contribution is -0.137. The van der Waals surface area contributed by atoms with Gasteiger partial charge in [-0.2, -0.15) is 18.3 Å². The fraction of sp³-hybridized carbons (Fsp3) is 0.0455. The van der Waals surface area contributed by atoms with Crippen LogP contribution in [0.25, 0.3) is 33.5 Å². The van der Waals surface area contributed by atoms with Crippen molar-refractivity contribution in [3.8, 4) is 22.6 Å². The molecule has 0 bridgehead atoms. The average molecular weight is 433 g/mol. The quantitative estimate of drug-likeness (QED) is 0.403. The number of aromatic nitrogens is 6. The molecule has 32 heavy (non-hydrogen) atoms. The summed E-state index contributed by atoms with van der Waals surface area (Å²) >= 11 is 0. The molecule has 0 saturated heterocycles. The molecule has 0 amide bonds. The second-order valence-electron chi connectivity index (χ2n) is 6.85. The van der Waals surface area contributed by atoms with Crippen molar-refractivity contribution in [3.05, 3.63) is 78.6 Å². The summed E-state index contributed by atoms with van der Waals surface area (Å²) in [7, 11) is 0. The van der Waals surface area contributed by atoms with Crippen LogP contribution in [0, 0.1) is 0 Å². The van der Waals surface area contributed by atoms with Crippen molar-refractivity contribution in [2.45, 2.75) is 6.18 Å². The van der Waals surface area contributed by atoms with Gasteiger partial charge in [0.1, 0.15) is 5.69 Å². The third-order valence-corrected chi connectivity index (χ3v) is 4.82. The Kier molecular flexibility index (Phi) is 4.74. The van der Waals surface area contributed by atoms with Gasteiger partial charge in [-0.15, -0.1) is 10.2 Å². The number of para-hydroxylation sites is 1. The van der Waals surface area contributed by atoms with E-state index < -0.39 is 11.7 Å². The molecule has 0 unspecified atom stereocenters. The molecule has 3 aromatic heterocycles. The third kappa shape index (κ3) is 3.62.